The van der Waals surface area contributed by atoms with E-state index in [4.69, 9.17) is 9.84 Å². The lowest BCUT2D eigenvalue weighted by Gasteiger charge is -2.19. The molecule has 0 radical (unpaired) electrons. The van der Waals surface area contributed by atoms with Crippen molar-refractivity contribution in [1.29, 1.82) is 0 Å². The van der Waals surface area contributed by atoms with Crippen molar-refractivity contribution in [3.63, 3.8) is 0 Å². The number of benzene rings is 1. The zero-order chi connectivity index (χ0) is 19.3. The number of para-hydroxylation sites is 1. The molecular formula is C19H25N7O2. The normalized spacial score (nSPS) is 14.0. The Morgan fingerprint density at radius 2 is 1.89 bits per heavy atom. The van der Waals surface area contributed by atoms with Crippen LogP contribution in [0.15, 0.2) is 30.5 Å². The molecular weight excluding hydrogens is 358 g/mol. The van der Waals surface area contributed by atoms with Crippen molar-refractivity contribution in [2.24, 2.45) is 0 Å². The average Bonchev–Trinajstić information content (AvgIpc) is 3.48. The van der Waals surface area contributed by atoms with Crippen molar-refractivity contribution >= 4 is 5.95 Å². The average molecular weight is 383 g/mol. The summed E-state index contributed by atoms with van der Waals surface area (Å²) in [5, 5.41) is 26.1. The molecule has 1 saturated heterocycles. The van der Waals surface area contributed by atoms with Gasteiger partial charge in [-0.25, -0.2) is 0 Å². The number of anilines is 1. The Morgan fingerprint density at radius 3 is 2.64 bits per heavy atom. The summed E-state index contributed by atoms with van der Waals surface area (Å²) in [7, 11) is 1.67. The van der Waals surface area contributed by atoms with E-state index in [9.17, 15) is 0 Å². The van der Waals surface area contributed by atoms with E-state index >= 15 is 0 Å². The van der Waals surface area contributed by atoms with E-state index in [0.29, 0.717) is 12.2 Å². The fraction of sp³-hybridized carbons (Fsp3) is 0.474. The summed E-state index contributed by atoms with van der Waals surface area (Å²) in [6.45, 7) is 3.37. The monoisotopic (exact) mass is 383 g/mol. The Morgan fingerprint density at radius 1 is 1.07 bits per heavy atom. The molecule has 1 aliphatic rings. The molecule has 4 rings (SSSR count). The van der Waals surface area contributed by atoms with Crippen molar-refractivity contribution < 1.29 is 9.84 Å². The SMILES string of the molecule is COc1ccccc1-c1nnc(N2CCCC2)n1CCCn1cc(CO)nn1. The number of hydrogen-bond acceptors (Lipinski definition) is 7. The minimum absolute atomic E-state index is 0.0947. The topological polar surface area (TPSA) is 94.1 Å². The Bertz CT molecular complexity index is 915. The van der Waals surface area contributed by atoms with Gasteiger partial charge in [0, 0.05) is 26.2 Å². The lowest BCUT2D eigenvalue weighted by atomic mass is 10.2. The van der Waals surface area contributed by atoms with Crippen LogP contribution in [0.25, 0.3) is 11.4 Å². The third kappa shape index (κ3) is 3.70. The highest BCUT2D eigenvalue weighted by Crippen LogP contribution is 2.31. The molecule has 0 spiro atoms. The number of hydrogen-bond donors (Lipinski definition) is 1. The minimum Gasteiger partial charge on any atom is -0.496 e. The van der Waals surface area contributed by atoms with E-state index in [1.165, 1.54) is 12.8 Å². The molecule has 0 saturated carbocycles. The highest BCUT2D eigenvalue weighted by molar-refractivity contribution is 5.65. The van der Waals surface area contributed by atoms with Crippen LogP contribution in [0.3, 0.4) is 0 Å². The van der Waals surface area contributed by atoms with Crippen LogP contribution in [0.2, 0.25) is 0 Å². The lowest BCUT2D eigenvalue weighted by Crippen LogP contribution is -2.23. The van der Waals surface area contributed by atoms with E-state index in [0.717, 1.165) is 49.1 Å². The number of aromatic nitrogens is 6. The zero-order valence-electron chi connectivity index (χ0n) is 16.0. The van der Waals surface area contributed by atoms with Gasteiger partial charge in [0.1, 0.15) is 11.4 Å². The second-order valence-electron chi connectivity index (χ2n) is 6.85. The molecule has 0 atom stereocenters. The van der Waals surface area contributed by atoms with E-state index in [1.54, 1.807) is 18.0 Å². The van der Waals surface area contributed by atoms with E-state index in [-0.39, 0.29) is 6.61 Å². The van der Waals surface area contributed by atoms with Gasteiger partial charge in [0.25, 0.3) is 0 Å². The lowest BCUT2D eigenvalue weighted by molar-refractivity contribution is 0.276. The number of methoxy groups -OCH3 is 1. The number of ether oxygens (including phenoxy) is 1. The second kappa shape index (κ2) is 8.39. The molecule has 1 N–H and O–H groups in total. The highest BCUT2D eigenvalue weighted by Gasteiger charge is 2.23. The Balaban J connectivity index is 1.59. The molecule has 1 fully saturated rings. The molecule has 1 aromatic carbocycles. The van der Waals surface area contributed by atoms with Crippen molar-refractivity contribution in [3.05, 3.63) is 36.2 Å². The predicted molar refractivity (Wildman–Crippen MR) is 104 cm³/mol. The summed E-state index contributed by atoms with van der Waals surface area (Å²) in [6.07, 6.45) is 4.98. The van der Waals surface area contributed by atoms with Crippen molar-refractivity contribution in [2.75, 3.05) is 25.1 Å². The van der Waals surface area contributed by atoms with Crippen molar-refractivity contribution in [3.8, 4) is 17.1 Å². The Kier molecular flexibility index (Phi) is 5.52. The zero-order valence-corrected chi connectivity index (χ0v) is 16.0. The van der Waals surface area contributed by atoms with E-state index < -0.39 is 0 Å². The quantitative estimate of drug-likeness (QED) is 0.633. The molecule has 148 valence electrons. The molecule has 0 unspecified atom stereocenters. The van der Waals surface area contributed by atoms with Gasteiger partial charge in [-0.05, 0) is 31.4 Å². The maximum absolute atomic E-state index is 9.14. The first-order valence-corrected chi connectivity index (χ1v) is 9.61. The molecule has 9 nitrogen and oxygen atoms in total. The molecule has 0 bridgehead atoms. The Labute approximate surface area is 163 Å². The smallest absolute Gasteiger partial charge is 0.227 e. The van der Waals surface area contributed by atoms with Gasteiger partial charge in [0.05, 0.1) is 25.5 Å². The van der Waals surface area contributed by atoms with Crippen LogP contribution < -0.4 is 9.64 Å². The highest BCUT2D eigenvalue weighted by atomic mass is 16.5. The van der Waals surface area contributed by atoms with Gasteiger partial charge in [-0.2, -0.15) is 0 Å². The second-order valence-corrected chi connectivity index (χ2v) is 6.85. The third-order valence-corrected chi connectivity index (χ3v) is 4.99. The summed E-state index contributed by atoms with van der Waals surface area (Å²) in [5.74, 6) is 2.51. The largest absolute Gasteiger partial charge is 0.496 e. The van der Waals surface area contributed by atoms with Gasteiger partial charge in [0.2, 0.25) is 5.95 Å². The van der Waals surface area contributed by atoms with Crippen LogP contribution >= 0.6 is 0 Å². The molecule has 28 heavy (non-hydrogen) atoms. The minimum atomic E-state index is -0.0947. The maximum Gasteiger partial charge on any atom is 0.227 e. The first-order valence-electron chi connectivity index (χ1n) is 9.61. The van der Waals surface area contributed by atoms with Gasteiger partial charge < -0.3 is 14.7 Å². The summed E-state index contributed by atoms with van der Waals surface area (Å²) < 4.78 is 9.47. The van der Waals surface area contributed by atoms with Crippen LogP contribution in [-0.2, 0) is 19.7 Å². The van der Waals surface area contributed by atoms with Crippen LogP contribution in [0.5, 0.6) is 5.75 Å². The van der Waals surface area contributed by atoms with Crippen LogP contribution in [-0.4, -0.2) is 55.1 Å². The van der Waals surface area contributed by atoms with Crippen molar-refractivity contribution in [2.45, 2.75) is 39.0 Å². The van der Waals surface area contributed by atoms with Gasteiger partial charge >= 0.3 is 0 Å². The molecule has 1 aliphatic heterocycles. The fourth-order valence-electron chi connectivity index (χ4n) is 3.59. The van der Waals surface area contributed by atoms with Gasteiger partial charge in [-0.3, -0.25) is 9.25 Å². The maximum atomic E-state index is 9.14. The van der Waals surface area contributed by atoms with E-state index in [1.807, 2.05) is 24.3 Å². The predicted octanol–water partition coefficient (Wildman–Crippen LogP) is 1.73. The standard InChI is InChI=1S/C19H25N7O2/c1-28-17-8-3-2-7-16(17)18-21-22-19(24-9-4-5-10-24)26(18)12-6-11-25-13-15(14-27)20-23-25/h2-3,7-8,13,27H,4-6,9-12,14H2,1H3. The molecule has 9 heteroatoms. The fourth-order valence-corrected chi connectivity index (χ4v) is 3.59. The van der Waals surface area contributed by atoms with Crippen LogP contribution in [0, 0.1) is 0 Å². The number of aryl methyl sites for hydroxylation is 1. The number of nitrogens with zero attached hydrogens (tertiary/aromatic N) is 7. The van der Waals surface area contributed by atoms with Gasteiger partial charge in [-0.15, -0.1) is 15.3 Å². The molecule has 2 aromatic heterocycles. The molecule has 3 heterocycles. The summed E-state index contributed by atoms with van der Waals surface area (Å²) >= 11 is 0. The summed E-state index contributed by atoms with van der Waals surface area (Å²) in [5.41, 5.74) is 1.52. The first kappa shape index (κ1) is 18.4. The van der Waals surface area contributed by atoms with Gasteiger partial charge in [-0.1, -0.05) is 17.3 Å². The molecule has 3 aromatic rings. The molecule has 0 amide bonds. The summed E-state index contributed by atoms with van der Waals surface area (Å²) in [4.78, 5) is 2.30. The van der Waals surface area contributed by atoms with E-state index in [2.05, 4.69) is 30.0 Å². The number of aliphatic hydroxyl groups is 1. The molecule has 0 aliphatic carbocycles. The number of aliphatic hydroxyl groups excluding tert-OH is 1. The third-order valence-electron chi connectivity index (χ3n) is 4.99. The van der Waals surface area contributed by atoms with Crippen LogP contribution in [0.4, 0.5) is 5.95 Å². The number of rotatable bonds is 8. The van der Waals surface area contributed by atoms with Gasteiger partial charge in [0.15, 0.2) is 5.82 Å². The van der Waals surface area contributed by atoms with Crippen LogP contribution in [0.1, 0.15) is 25.0 Å². The summed E-state index contributed by atoms with van der Waals surface area (Å²) in [6, 6.07) is 7.89. The first-order chi connectivity index (χ1) is 13.8. The van der Waals surface area contributed by atoms with Crippen molar-refractivity contribution in [1.82, 2.24) is 29.8 Å². The Hall–Kier alpha value is -2.94.